The summed E-state index contributed by atoms with van der Waals surface area (Å²) in [5.74, 6) is 1.16. The molecule has 0 spiro atoms. The third-order valence-electron chi connectivity index (χ3n) is 3.77. The van der Waals surface area contributed by atoms with Gasteiger partial charge < -0.3 is 5.73 Å². The maximum Gasteiger partial charge on any atom is 0.123 e. The highest BCUT2D eigenvalue weighted by Gasteiger charge is 2.21. The van der Waals surface area contributed by atoms with Crippen LogP contribution in [0.15, 0.2) is 36.4 Å². The van der Waals surface area contributed by atoms with E-state index in [1.165, 1.54) is 23.1 Å². The summed E-state index contributed by atoms with van der Waals surface area (Å²) in [6.07, 6.45) is 3.41. The zero-order valence-electron chi connectivity index (χ0n) is 10.7. The highest BCUT2D eigenvalue weighted by molar-refractivity contribution is 5.38. The molecule has 2 nitrogen and oxygen atoms in total. The average Bonchev–Trinajstić information content (AvgIpc) is 2.37. The van der Waals surface area contributed by atoms with Gasteiger partial charge in [-0.1, -0.05) is 24.3 Å². The number of rotatable bonds is 1. The lowest BCUT2D eigenvalue weighted by molar-refractivity contribution is 0.571. The van der Waals surface area contributed by atoms with Crippen LogP contribution in [0.5, 0.6) is 0 Å². The second-order valence-corrected chi connectivity index (χ2v) is 5.20. The first-order valence-corrected chi connectivity index (χ1v) is 6.53. The molecule has 0 saturated carbocycles. The lowest BCUT2D eigenvalue weighted by Gasteiger charge is -2.24. The molecular formula is C16H18N2. The van der Waals surface area contributed by atoms with Crippen molar-refractivity contribution in [1.29, 1.82) is 0 Å². The fourth-order valence-electron chi connectivity index (χ4n) is 2.88. The molecule has 1 aliphatic rings. The summed E-state index contributed by atoms with van der Waals surface area (Å²) in [4.78, 5) is 4.51. The number of benzene rings is 1. The Labute approximate surface area is 108 Å². The monoisotopic (exact) mass is 238 g/mol. The van der Waals surface area contributed by atoms with Gasteiger partial charge in [-0.25, -0.2) is 4.98 Å². The van der Waals surface area contributed by atoms with Crippen LogP contribution in [0.2, 0.25) is 0 Å². The number of aryl methyl sites for hydroxylation is 2. The van der Waals surface area contributed by atoms with Gasteiger partial charge in [0.2, 0.25) is 0 Å². The Morgan fingerprint density at radius 2 is 1.94 bits per heavy atom. The van der Waals surface area contributed by atoms with Crippen molar-refractivity contribution in [3.63, 3.8) is 0 Å². The summed E-state index contributed by atoms with van der Waals surface area (Å²) in [6.45, 7) is 2.08. The summed E-state index contributed by atoms with van der Waals surface area (Å²) in [7, 11) is 0. The van der Waals surface area contributed by atoms with E-state index >= 15 is 0 Å². The number of hydrogen-bond donors (Lipinski definition) is 1. The first-order valence-electron chi connectivity index (χ1n) is 6.53. The van der Waals surface area contributed by atoms with Crippen LogP contribution >= 0.6 is 0 Å². The number of anilines is 1. The molecule has 1 heterocycles. The van der Waals surface area contributed by atoms with E-state index in [9.17, 15) is 0 Å². The first kappa shape index (κ1) is 11.3. The van der Waals surface area contributed by atoms with Gasteiger partial charge in [-0.15, -0.1) is 0 Å². The van der Waals surface area contributed by atoms with Crippen molar-refractivity contribution < 1.29 is 0 Å². The second-order valence-electron chi connectivity index (χ2n) is 5.20. The van der Waals surface area contributed by atoms with Crippen molar-refractivity contribution in [3.8, 4) is 0 Å². The minimum Gasteiger partial charge on any atom is -0.384 e. The van der Waals surface area contributed by atoms with Crippen molar-refractivity contribution >= 4 is 5.82 Å². The molecule has 0 saturated heterocycles. The van der Waals surface area contributed by atoms with Gasteiger partial charge in [0.15, 0.2) is 0 Å². The van der Waals surface area contributed by atoms with Crippen LogP contribution in [-0.2, 0) is 12.8 Å². The highest BCUT2D eigenvalue weighted by atomic mass is 14.8. The van der Waals surface area contributed by atoms with Gasteiger partial charge in [0.25, 0.3) is 0 Å². The van der Waals surface area contributed by atoms with Gasteiger partial charge in [0, 0.05) is 11.6 Å². The van der Waals surface area contributed by atoms with Crippen LogP contribution in [-0.4, -0.2) is 4.98 Å². The molecule has 0 bridgehead atoms. The van der Waals surface area contributed by atoms with Gasteiger partial charge in [0.1, 0.15) is 5.82 Å². The fourth-order valence-corrected chi connectivity index (χ4v) is 2.88. The van der Waals surface area contributed by atoms with E-state index in [2.05, 4.69) is 42.2 Å². The number of nitrogens with zero attached hydrogens (tertiary/aromatic N) is 1. The molecule has 1 atom stereocenters. The Hall–Kier alpha value is -1.83. The SMILES string of the molecule is Cc1cc(N)nc(C2CCc3ccccc3C2)c1. The summed E-state index contributed by atoms with van der Waals surface area (Å²) in [6, 6.07) is 12.8. The minimum atomic E-state index is 0.516. The third kappa shape index (κ3) is 2.10. The van der Waals surface area contributed by atoms with E-state index in [-0.39, 0.29) is 0 Å². The normalized spacial score (nSPS) is 18.4. The van der Waals surface area contributed by atoms with Crippen LogP contribution in [0.4, 0.5) is 5.82 Å². The molecule has 92 valence electrons. The summed E-state index contributed by atoms with van der Waals surface area (Å²) in [5, 5.41) is 0. The largest absolute Gasteiger partial charge is 0.384 e. The zero-order chi connectivity index (χ0) is 12.5. The molecule has 2 aromatic rings. The summed E-state index contributed by atoms with van der Waals surface area (Å²) < 4.78 is 0. The van der Waals surface area contributed by atoms with Gasteiger partial charge >= 0.3 is 0 Å². The molecule has 3 rings (SSSR count). The van der Waals surface area contributed by atoms with Gasteiger partial charge in [0.05, 0.1) is 0 Å². The predicted molar refractivity (Wildman–Crippen MR) is 74.6 cm³/mol. The van der Waals surface area contributed by atoms with Crippen LogP contribution < -0.4 is 5.73 Å². The van der Waals surface area contributed by atoms with Gasteiger partial charge in [-0.2, -0.15) is 0 Å². The lowest BCUT2D eigenvalue weighted by atomic mass is 9.82. The third-order valence-corrected chi connectivity index (χ3v) is 3.77. The molecule has 0 radical (unpaired) electrons. The number of fused-ring (bicyclic) bond motifs is 1. The van der Waals surface area contributed by atoms with E-state index in [4.69, 9.17) is 5.73 Å². The van der Waals surface area contributed by atoms with E-state index in [1.807, 2.05) is 6.07 Å². The lowest BCUT2D eigenvalue weighted by Crippen LogP contribution is -2.14. The average molecular weight is 238 g/mol. The first-order chi connectivity index (χ1) is 8.72. The van der Waals surface area contributed by atoms with E-state index < -0.39 is 0 Å². The number of pyridine rings is 1. The standard InChI is InChI=1S/C16H18N2/c1-11-8-15(18-16(17)9-11)14-7-6-12-4-2-3-5-13(12)10-14/h2-5,8-9,14H,6-7,10H2,1H3,(H2,17,18). The van der Waals surface area contributed by atoms with E-state index in [1.54, 1.807) is 0 Å². The van der Waals surface area contributed by atoms with Crippen LogP contribution in [0.3, 0.4) is 0 Å². The Kier molecular flexibility index (Phi) is 2.78. The number of hydrogen-bond acceptors (Lipinski definition) is 2. The van der Waals surface area contributed by atoms with E-state index in [0.717, 1.165) is 18.5 Å². The summed E-state index contributed by atoms with van der Waals surface area (Å²) >= 11 is 0. The van der Waals surface area contributed by atoms with Crippen molar-refractivity contribution in [2.24, 2.45) is 0 Å². The van der Waals surface area contributed by atoms with Crippen molar-refractivity contribution in [3.05, 3.63) is 58.8 Å². The molecule has 1 aliphatic carbocycles. The summed E-state index contributed by atoms with van der Waals surface area (Å²) in [5.41, 5.74) is 11.2. The quantitative estimate of drug-likeness (QED) is 0.828. The Morgan fingerprint density at radius 1 is 1.17 bits per heavy atom. The fraction of sp³-hybridized carbons (Fsp3) is 0.312. The molecular weight excluding hydrogens is 220 g/mol. The number of nitrogens with two attached hydrogens (primary N) is 1. The van der Waals surface area contributed by atoms with Crippen LogP contribution in [0.1, 0.15) is 34.7 Å². The molecule has 2 N–H and O–H groups in total. The van der Waals surface area contributed by atoms with Gasteiger partial charge in [-0.05, 0) is 55.0 Å². The number of aromatic nitrogens is 1. The molecule has 0 aliphatic heterocycles. The van der Waals surface area contributed by atoms with Crippen LogP contribution in [0.25, 0.3) is 0 Å². The van der Waals surface area contributed by atoms with Crippen molar-refractivity contribution in [1.82, 2.24) is 4.98 Å². The Morgan fingerprint density at radius 3 is 2.72 bits per heavy atom. The predicted octanol–water partition coefficient (Wildman–Crippen LogP) is 3.24. The molecule has 0 amide bonds. The maximum absolute atomic E-state index is 5.85. The molecule has 0 fully saturated rings. The van der Waals surface area contributed by atoms with Crippen LogP contribution in [0, 0.1) is 6.92 Å². The number of nitrogen functional groups attached to an aromatic ring is 1. The smallest absolute Gasteiger partial charge is 0.123 e. The minimum absolute atomic E-state index is 0.516. The maximum atomic E-state index is 5.85. The Balaban J connectivity index is 1.91. The zero-order valence-corrected chi connectivity index (χ0v) is 10.7. The molecule has 2 heteroatoms. The van der Waals surface area contributed by atoms with E-state index in [0.29, 0.717) is 11.7 Å². The van der Waals surface area contributed by atoms with Crippen molar-refractivity contribution in [2.75, 3.05) is 5.73 Å². The molecule has 1 aromatic carbocycles. The Bertz CT molecular complexity index is 555. The molecule has 1 aromatic heterocycles. The highest BCUT2D eigenvalue weighted by Crippen LogP contribution is 2.32. The van der Waals surface area contributed by atoms with Gasteiger partial charge in [-0.3, -0.25) is 0 Å². The molecule has 18 heavy (non-hydrogen) atoms. The molecule has 1 unspecified atom stereocenters. The second kappa shape index (κ2) is 4.45. The van der Waals surface area contributed by atoms with Crippen molar-refractivity contribution in [2.45, 2.75) is 32.1 Å². The topological polar surface area (TPSA) is 38.9 Å².